The van der Waals surface area contributed by atoms with E-state index in [1.807, 2.05) is 23.1 Å². The van der Waals surface area contributed by atoms with Crippen LogP contribution in [-0.2, 0) is 9.59 Å². The fraction of sp³-hybridized carbons (Fsp3) is 0.550. The molecule has 1 unspecified atom stereocenters. The predicted molar refractivity (Wildman–Crippen MR) is 102 cm³/mol. The second-order valence-electron chi connectivity index (χ2n) is 7.54. The Morgan fingerprint density at radius 3 is 2.25 bits per heavy atom. The molecule has 2 aliphatic rings. The van der Waals surface area contributed by atoms with Crippen LogP contribution in [0, 0.1) is 0 Å². The molecule has 0 aromatic heterocycles. The van der Waals surface area contributed by atoms with Crippen LogP contribution in [0.15, 0.2) is 18.2 Å². The van der Waals surface area contributed by atoms with Gasteiger partial charge in [-0.3, -0.25) is 14.9 Å². The zero-order valence-electron chi connectivity index (χ0n) is 16.5. The summed E-state index contributed by atoms with van der Waals surface area (Å²) in [4.78, 5) is 37.6. The fourth-order valence-corrected chi connectivity index (χ4v) is 3.80. The van der Waals surface area contributed by atoms with Crippen LogP contribution in [0.3, 0.4) is 0 Å². The van der Waals surface area contributed by atoms with Gasteiger partial charge in [0, 0.05) is 25.6 Å². The average Bonchev–Trinajstić information content (AvgIpc) is 2.97. The first-order chi connectivity index (χ1) is 13.3. The van der Waals surface area contributed by atoms with Crippen LogP contribution < -0.4 is 20.1 Å². The summed E-state index contributed by atoms with van der Waals surface area (Å²) in [6, 6.07) is 5.38. The van der Waals surface area contributed by atoms with Crippen molar-refractivity contribution in [2.75, 3.05) is 27.3 Å². The van der Waals surface area contributed by atoms with Gasteiger partial charge in [-0.15, -0.1) is 0 Å². The summed E-state index contributed by atoms with van der Waals surface area (Å²) < 4.78 is 10.7. The second-order valence-corrected chi connectivity index (χ2v) is 7.54. The number of rotatable bonds is 6. The number of hydrogen-bond donors (Lipinski definition) is 2. The van der Waals surface area contributed by atoms with Crippen LogP contribution in [0.25, 0.3) is 0 Å². The highest BCUT2D eigenvalue weighted by molar-refractivity contribution is 6.06. The molecular weight excluding hydrogens is 362 g/mol. The summed E-state index contributed by atoms with van der Waals surface area (Å²) in [6.07, 6.45) is 2.23. The lowest BCUT2D eigenvalue weighted by molar-refractivity contribution is -0.133. The van der Waals surface area contributed by atoms with E-state index in [9.17, 15) is 14.4 Å². The number of imide groups is 1. The third-order valence-electron chi connectivity index (χ3n) is 5.65. The Morgan fingerprint density at radius 2 is 1.75 bits per heavy atom. The first-order valence-corrected chi connectivity index (χ1v) is 9.49. The highest BCUT2D eigenvalue weighted by Gasteiger charge is 2.42. The molecule has 8 heteroatoms. The van der Waals surface area contributed by atoms with Crippen LogP contribution >= 0.6 is 0 Å². The molecule has 1 aromatic rings. The summed E-state index contributed by atoms with van der Waals surface area (Å²) in [5.41, 5.74) is 0.142. The predicted octanol–water partition coefficient (Wildman–Crippen LogP) is 1.79. The third kappa shape index (κ3) is 4.21. The number of nitrogens with one attached hydrogen (secondary N) is 2. The lowest BCUT2D eigenvalue weighted by atomic mass is 9.88. The zero-order valence-corrected chi connectivity index (χ0v) is 16.5. The van der Waals surface area contributed by atoms with E-state index in [1.54, 1.807) is 21.1 Å². The van der Waals surface area contributed by atoms with Crippen molar-refractivity contribution in [3.63, 3.8) is 0 Å². The molecule has 152 valence electrons. The van der Waals surface area contributed by atoms with Crippen molar-refractivity contribution < 1.29 is 23.9 Å². The molecule has 2 aliphatic heterocycles. The monoisotopic (exact) mass is 389 g/mol. The highest BCUT2D eigenvalue weighted by Crippen LogP contribution is 2.33. The number of hydrogen-bond acceptors (Lipinski definition) is 5. The molecule has 1 aromatic carbocycles. The Hall–Kier alpha value is -2.77. The summed E-state index contributed by atoms with van der Waals surface area (Å²) in [5.74, 6) is 1.49. The number of ether oxygens (including phenoxy) is 2. The van der Waals surface area contributed by atoms with E-state index in [0.717, 1.165) is 29.9 Å². The number of nitrogens with zero attached hydrogens (tertiary/aromatic N) is 1. The molecule has 4 amide bonds. The molecule has 8 nitrogen and oxygen atoms in total. The molecule has 2 saturated heterocycles. The van der Waals surface area contributed by atoms with E-state index in [2.05, 4.69) is 10.6 Å². The molecule has 28 heavy (non-hydrogen) atoms. The molecule has 0 saturated carbocycles. The molecule has 2 heterocycles. The Balaban J connectivity index is 1.54. The van der Waals surface area contributed by atoms with Crippen LogP contribution in [0.5, 0.6) is 11.5 Å². The maximum atomic E-state index is 12.6. The van der Waals surface area contributed by atoms with Gasteiger partial charge in [0.15, 0.2) is 0 Å². The largest absolute Gasteiger partial charge is 0.497 e. The normalized spacial score (nSPS) is 22.6. The van der Waals surface area contributed by atoms with E-state index in [-0.39, 0.29) is 24.7 Å². The average molecular weight is 389 g/mol. The Bertz CT molecular complexity index is 751. The van der Waals surface area contributed by atoms with E-state index >= 15 is 0 Å². The molecule has 1 atom stereocenters. The van der Waals surface area contributed by atoms with Gasteiger partial charge >= 0.3 is 6.03 Å². The Morgan fingerprint density at radius 1 is 1.14 bits per heavy atom. The third-order valence-corrected chi connectivity index (χ3v) is 5.65. The maximum Gasteiger partial charge on any atom is 0.322 e. The van der Waals surface area contributed by atoms with E-state index < -0.39 is 11.6 Å². The van der Waals surface area contributed by atoms with Gasteiger partial charge in [0.05, 0.1) is 14.2 Å². The van der Waals surface area contributed by atoms with Crippen molar-refractivity contribution in [2.45, 2.75) is 44.1 Å². The lowest BCUT2D eigenvalue weighted by Crippen LogP contribution is -2.45. The van der Waals surface area contributed by atoms with Crippen LogP contribution in [0.4, 0.5) is 4.79 Å². The molecule has 0 aliphatic carbocycles. The summed E-state index contributed by atoms with van der Waals surface area (Å²) >= 11 is 0. The van der Waals surface area contributed by atoms with Crippen molar-refractivity contribution in [1.82, 2.24) is 15.5 Å². The molecular formula is C20H27N3O5. The van der Waals surface area contributed by atoms with Gasteiger partial charge < -0.3 is 19.7 Å². The number of carbonyl (C=O) groups excluding carboxylic acids is 3. The smallest absolute Gasteiger partial charge is 0.322 e. The Kier molecular flexibility index (Phi) is 5.76. The number of carbonyl (C=O) groups is 3. The first kappa shape index (κ1) is 20.0. The molecule has 3 rings (SSSR count). The summed E-state index contributed by atoms with van der Waals surface area (Å²) in [7, 11) is 3.26. The van der Waals surface area contributed by atoms with Crippen molar-refractivity contribution in [2.24, 2.45) is 0 Å². The minimum atomic E-state index is -1.01. The van der Waals surface area contributed by atoms with Crippen LogP contribution in [0.1, 0.15) is 44.1 Å². The summed E-state index contributed by atoms with van der Waals surface area (Å²) in [6.45, 7) is 2.97. The van der Waals surface area contributed by atoms with Crippen LogP contribution in [-0.4, -0.2) is 55.6 Å². The van der Waals surface area contributed by atoms with Gasteiger partial charge in [-0.05, 0) is 49.8 Å². The number of methoxy groups -OCH3 is 2. The van der Waals surface area contributed by atoms with Crippen molar-refractivity contribution in [1.29, 1.82) is 0 Å². The SMILES string of the molecule is COc1cc(OC)cc(C2CCN(C(=O)CCC3(C)NC(=O)NC3=O)CC2)c1. The molecule has 2 N–H and O–H groups in total. The molecule has 0 radical (unpaired) electrons. The van der Waals surface area contributed by atoms with Crippen LogP contribution in [0.2, 0.25) is 0 Å². The fourth-order valence-electron chi connectivity index (χ4n) is 3.80. The van der Waals surface area contributed by atoms with E-state index in [0.29, 0.717) is 19.0 Å². The van der Waals surface area contributed by atoms with Gasteiger partial charge in [-0.2, -0.15) is 0 Å². The second kappa shape index (κ2) is 8.08. The summed E-state index contributed by atoms with van der Waals surface area (Å²) in [5, 5.41) is 4.81. The van der Waals surface area contributed by atoms with Gasteiger partial charge in [0.2, 0.25) is 5.91 Å². The molecule has 0 spiro atoms. The minimum Gasteiger partial charge on any atom is -0.497 e. The number of likely N-dealkylation sites (tertiary alicyclic amines) is 1. The number of benzene rings is 1. The first-order valence-electron chi connectivity index (χ1n) is 9.49. The quantitative estimate of drug-likeness (QED) is 0.723. The van der Waals surface area contributed by atoms with E-state index in [4.69, 9.17) is 9.47 Å². The van der Waals surface area contributed by atoms with Gasteiger partial charge in [0.1, 0.15) is 17.0 Å². The van der Waals surface area contributed by atoms with Gasteiger partial charge in [0.25, 0.3) is 5.91 Å². The molecule has 0 bridgehead atoms. The molecule has 2 fully saturated rings. The van der Waals surface area contributed by atoms with Crippen molar-refractivity contribution in [3.05, 3.63) is 23.8 Å². The zero-order chi connectivity index (χ0) is 20.3. The standard InChI is InChI=1S/C20H27N3O5/c1-20(18(25)21-19(26)22-20)7-4-17(24)23-8-5-13(6-9-23)14-10-15(27-2)12-16(11-14)28-3/h10-13H,4-9H2,1-3H3,(H2,21,22,25,26). The highest BCUT2D eigenvalue weighted by atomic mass is 16.5. The van der Waals surface area contributed by atoms with Gasteiger partial charge in [-0.25, -0.2) is 4.79 Å². The number of amides is 4. The number of piperidine rings is 1. The topological polar surface area (TPSA) is 97.0 Å². The Labute approximate surface area is 164 Å². The minimum absolute atomic E-state index is 0.0110. The van der Waals surface area contributed by atoms with Crippen molar-refractivity contribution >= 4 is 17.8 Å². The van der Waals surface area contributed by atoms with Crippen molar-refractivity contribution in [3.8, 4) is 11.5 Å². The van der Waals surface area contributed by atoms with Gasteiger partial charge in [-0.1, -0.05) is 0 Å². The lowest BCUT2D eigenvalue weighted by Gasteiger charge is -2.33. The number of urea groups is 1. The van der Waals surface area contributed by atoms with E-state index in [1.165, 1.54) is 0 Å². The maximum absolute atomic E-state index is 12.6.